The SMILES string of the molecule is CCN1CCC(Oc2ccc(N)c(OC)c2)C1. The van der Waals surface area contributed by atoms with Crippen molar-refractivity contribution in [2.45, 2.75) is 19.4 Å². The molecule has 0 aromatic heterocycles. The fourth-order valence-corrected chi connectivity index (χ4v) is 2.14. The molecule has 1 fully saturated rings. The van der Waals surface area contributed by atoms with Gasteiger partial charge in [-0.3, -0.25) is 4.90 Å². The van der Waals surface area contributed by atoms with Crippen LogP contribution >= 0.6 is 0 Å². The molecule has 1 atom stereocenters. The van der Waals surface area contributed by atoms with Gasteiger partial charge in [0.1, 0.15) is 17.6 Å². The number of anilines is 1. The minimum atomic E-state index is 0.281. The highest BCUT2D eigenvalue weighted by molar-refractivity contribution is 5.55. The molecule has 1 aliphatic rings. The maximum absolute atomic E-state index is 5.93. The Balaban J connectivity index is 1.99. The molecule has 0 bridgehead atoms. The monoisotopic (exact) mass is 236 g/mol. The van der Waals surface area contributed by atoms with Crippen molar-refractivity contribution in [2.75, 3.05) is 32.5 Å². The van der Waals surface area contributed by atoms with Crippen LogP contribution in [0.5, 0.6) is 11.5 Å². The van der Waals surface area contributed by atoms with Crippen molar-refractivity contribution < 1.29 is 9.47 Å². The molecule has 4 heteroatoms. The van der Waals surface area contributed by atoms with Gasteiger partial charge < -0.3 is 15.2 Å². The van der Waals surface area contributed by atoms with Crippen molar-refractivity contribution in [1.82, 2.24) is 4.90 Å². The van der Waals surface area contributed by atoms with Gasteiger partial charge in [-0.05, 0) is 25.1 Å². The van der Waals surface area contributed by atoms with Crippen LogP contribution in [0.25, 0.3) is 0 Å². The Bertz CT molecular complexity index is 382. The Morgan fingerprint density at radius 3 is 2.94 bits per heavy atom. The number of nitrogen functional groups attached to an aromatic ring is 1. The first kappa shape index (κ1) is 12.0. The van der Waals surface area contributed by atoms with E-state index < -0.39 is 0 Å². The number of nitrogens with two attached hydrogens (primary N) is 1. The molecule has 0 amide bonds. The normalized spacial score (nSPS) is 20.5. The van der Waals surface area contributed by atoms with Crippen LogP contribution in [0, 0.1) is 0 Å². The Kier molecular flexibility index (Phi) is 3.74. The number of benzene rings is 1. The van der Waals surface area contributed by atoms with Crippen LogP contribution in [0.1, 0.15) is 13.3 Å². The summed E-state index contributed by atoms with van der Waals surface area (Å²) < 4.78 is 11.1. The van der Waals surface area contributed by atoms with Gasteiger partial charge in [0.25, 0.3) is 0 Å². The lowest BCUT2D eigenvalue weighted by atomic mass is 10.2. The molecule has 1 aromatic rings. The lowest BCUT2D eigenvalue weighted by Gasteiger charge is -2.16. The van der Waals surface area contributed by atoms with E-state index in [9.17, 15) is 0 Å². The molecule has 0 spiro atoms. The van der Waals surface area contributed by atoms with Crippen LogP contribution in [0.2, 0.25) is 0 Å². The van der Waals surface area contributed by atoms with E-state index in [4.69, 9.17) is 15.2 Å². The number of likely N-dealkylation sites (tertiary alicyclic amines) is 1. The molecule has 2 rings (SSSR count). The zero-order valence-electron chi connectivity index (χ0n) is 10.5. The molecule has 1 saturated heterocycles. The summed E-state index contributed by atoms with van der Waals surface area (Å²) in [6, 6.07) is 5.57. The predicted molar refractivity (Wildman–Crippen MR) is 68.6 cm³/mol. The van der Waals surface area contributed by atoms with Gasteiger partial charge >= 0.3 is 0 Å². The van der Waals surface area contributed by atoms with Crippen molar-refractivity contribution in [3.8, 4) is 11.5 Å². The second kappa shape index (κ2) is 5.27. The second-order valence-electron chi connectivity index (χ2n) is 4.33. The molecule has 1 aliphatic heterocycles. The highest BCUT2D eigenvalue weighted by Gasteiger charge is 2.22. The third-order valence-electron chi connectivity index (χ3n) is 3.18. The number of hydrogen-bond donors (Lipinski definition) is 1. The Hall–Kier alpha value is -1.42. The lowest BCUT2D eigenvalue weighted by molar-refractivity contribution is 0.202. The first-order valence-electron chi connectivity index (χ1n) is 6.05. The van der Waals surface area contributed by atoms with E-state index in [-0.39, 0.29) is 6.10 Å². The molecule has 4 nitrogen and oxygen atoms in total. The maximum Gasteiger partial charge on any atom is 0.145 e. The van der Waals surface area contributed by atoms with E-state index in [1.807, 2.05) is 18.2 Å². The van der Waals surface area contributed by atoms with Gasteiger partial charge in [0, 0.05) is 19.2 Å². The summed E-state index contributed by atoms with van der Waals surface area (Å²) in [6.07, 6.45) is 1.36. The van der Waals surface area contributed by atoms with Crippen LogP contribution in [-0.2, 0) is 0 Å². The zero-order chi connectivity index (χ0) is 12.3. The van der Waals surface area contributed by atoms with Crippen LogP contribution in [0.4, 0.5) is 5.69 Å². The molecule has 94 valence electrons. The minimum Gasteiger partial charge on any atom is -0.494 e. The molecule has 1 aromatic carbocycles. The van der Waals surface area contributed by atoms with E-state index in [0.717, 1.165) is 31.8 Å². The van der Waals surface area contributed by atoms with Gasteiger partial charge in [0.15, 0.2) is 0 Å². The Labute approximate surface area is 102 Å². The molecular formula is C13H20N2O2. The molecule has 2 N–H and O–H groups in total. The third-order valence-corrected chi connectivity index (χ3v) is 3.18. The Morgan fingerprint density at radius 1 is 1.47 bits per heavy atom. The fourth-order valence-electron chi connectivity index (χ4n) is 2.14. The van der Waals surface area contributed by atoms with E-state index in [2.05, 4.69) is 11.8 Å². The fraction of sp³-hybridized carbons (Fsp3) is 0.538. The first-order chi connectivity index (χ1) is 8.22. The quantitative estimate of drug-likeness (QED) is 0.809. The van der Waals surface area contributed by atoms with Gasteiger partial charge in [-0.2, -0.15) is 0 Å². The van der Waals surface area contributed by atoms with E-state index in [0.29, 0.717) is 11.4 Å². The standard InChI is InChI=1S/C13H20N2O2/c1-3-15-7-6-11(9-15)17-10-4-5-12(14)13(8-10)16-2/h4-5,8,11H,3,6-7,9,14H2,1-2H3. The summed E-state index contributed by atoms with van der Waals surface area (Å²) >= 11 is 0. The van der Waals surface area contributed by atoms with Crippen molar-refractivity contribution in [3.63, 3.8) is 0 Å². The molecule has 1 unspecified atom stereocenters. The smallest absolute Gasteiger partial charge is 0.145 e. The zero-order valence-corrected chi connectivity index (χ0v) is 10.5. The molecular weight excluding hydrogens is 216 g/mol. The number of hydrogen-bond acceptors (Lipinski definition) is 4. The predicted octanol–water partition coefficient (Wildman–Crippen LogP) is 1.75. The number of ether oxygens (including phenoxy) is 2. The summed E-state index contributed by atoms with van der Waals surface area (Å²) in [6.45, 7) is 5.38. The van der Waals surface area contributed by atoms with E-state index >= 15 is 0 Å². The van der Waals surface area contributed by atoms with Crippen molar-refractivity contribution in [2.24, 2.45) is 0 Å². The van der Waals surface area contributed by atoms with Crippen LogP contribution in [0.3, 0.4) is 0 Å². The molecule has 0 aliphatic carbocycles. The van der Waals surface area contributed by atoms with Crippen LogP contribution < -0.4 is 15.2 Å². The highest BCUT2D eigenvalue weighted by Crippen LogP contribution is 2.28. The highest BCUT2D eigenvalue weighted by atomic mass is 16.5. The molecule has 0 radical (unpaired) electrons. The number of methoxy groups -OCH3 is 1. The number of rotatable bonds is 4. The average Bonchev–Trinajstić information content (AvgIpc) is 2.79. The van der Waals surface area contributed by atoms with Gasteiger partial charge in [-0.1, -0.05) is 6.92 Å². The maximum atomic E-state index is 5.93. The molecule has 0 saturated carbocycles. The summed E-state index contributed by atoms with van der Waals surface area (Å²) in [5.41, 5.74) is 6.40. The summed E-state index contributed by atoms with van der Waals surface area (Å²) in [5.74, 6) is 1.51. The molecule has 17 heavy (non-hydrogen) atoms. The van der Waals surface area contributed by atoms with Crippen molar-refractivity contribution >= 4 is 5.69 Å². The summed E-state index contributed by atoms with van der Waals surface area (Å²) in [7, 11) is 1.61. The Morgan fingerprint density at radius 2 is 2.29 bits per heavy atom. The van der Waals surface area contributed by atoms with Crippen molar-refractivity contribution in [1.29, 1.82) is 0 Å². The topological polar surface area (TPSA) is 47.7 Å². The first-order valence-corrected chi connectivity index (χ1v) is 6.05. The lowest BCUT2D eigenvalue weighted by Crippen LogP contribution is -2.24. The van der Waals surface area contributed by atoms with Crippen molar-refractivity contribution in [3.05, 3.63) is 18.2 Å². The van der Waals surface area contributed by atoms with Gasteiger partial charge in [-0.15, -0.1) is 0 Å². The second-order valence-corrected chi connectivity index (χ2v) is 4.33. The molecule has 1 heterocycles. The van der Waals surface area contributed by atoms with E-state index in [1.54, 1.807) is 7.11 Å². The third kappa shape index (κ3) is 2.82. The largest absolute Gasteiger partial charge is 0.494 e. The van der Waals surface area contributed by atoms with Gasteiger partial charge in [0.05, 0.1) is 12.8 Å². The van der Waals surface area contributed by atoms with E-state index in [1.165, 1.54) is 0 Å². The van der Waals surface area contributed by atoms with Gasteiger partial charge in [-0.25, -0.2) is 0 Å². The minimum absolute atomic E-state index is 0.281. The summed E-state index contributed by atoms with van der Waals surface area (Å²) in [5, 5.41) is 0. The van der Waals surface area contributed by atoms with Crippen LogP contribution in [-0.4, -0.2) is 37.7 Å². The summed E-state index contributed by atoms with van der Waals surface area (Å²) in [4.78, 5) is 2.39. The number of likely N-dealkylation sites (N-methyl/N-ethyl adjacent to an activating group) is 1. The van der Waals surface area contributed by atoms with Crippen LogP contribution in [0.15, 0.2) is 18.2 Å². The average molecular weight is 236 g/mol. The number of nitrogens with zero attached hydrogens (tertiary/aromatic N) is 1. The van der Waals surface area contributed by atoms with Gasteiger partial charge in [0.2, 0.25) is 0 Å².